The largest absolute Gasteiger partial charge is 0.378 e. The molecule has 2 saturated heterocycles. The van der Waals surface area contributed by atoms with E-state index in [1.807, 2.05) is 12.3 Å². The molecule has 2 aliphatic rings. The van der Waals surface area contributed by atoms with E-state index in [0.29, 0.717) is 24.6 Å². The molecular formula is C23H25FN6OS. The van der Waals surface area contributed by atoms with Crippen LogP contribution in [0.1, 0.15) is 4.88 Å². The summed E-state index contributed by atoms with van der Waals surface area (Å²) in [4.78, 5) is 19.0. The van der Waals surface area contributed by atoms with Crippen LogP contribution in [0.25, 0.3) is 32.5 Å². The number of piperazine rings is 1. The minimum Gasteiger partial charge on any atom is -0.378 e. The van der Waals surface area contributed by atoms with Crippen molar-refractivity contribution in [1.29, 1.82) is 0 Å². The summed E-state index contributed by atoms with van der Waals surface area (Å²) in [6.07, 6.45) is 1.82. The van der Waals surface area contributed by atoms with Gasteiger partial charge in [0.1, 0.15) is 5.82 Å². The predicted molar refractivity (Wildman–Crippen MR) is 126 cm³/mol. The molecule has 0 spiro atoms. The second-order valence-corrected chi connectivity index (χ2v) is 9.45. The Balaban J connectivity index is 1.47. The van der Waals surface area contributed by atoms with E-state index in [1.165, 1.54) is 17.0 Å². The molecule has 0 aliphatic carbocycles. The number of hydrogen-bond donors (Lipinski definition) is 2. The van der Waals surface area contributed by atoms with E-state index in [-0.39, 0.29) is 5.82 Å². The number of anilines is 1. The molecule has 0 atom stereocenters. The van der Waals surface area contributed by atoms with Gasteiger partial charge in [-0.05, 0) is 24.3 Å². The monoisotopic (exact) mass is 452 g/mol. The molecular weight excluding hydrogens is 427 g/mol. The third-order valence-corrected chi connectivity index (χ3v) is 7.28. The maximum atomic E-state index is 14.4. The molecule has 2 fully saturated rings. The normalized spacial score (nSPS) is 18.1. The number of thiophene rings is 1. The summed E-state index contributed by atoms with van der Waals surface area (Å²) in [5, 5.41) is 4.34. The summed E-state index contributed by atoms with van der Waals surface area (Å²) < 4.78 is 21.1. The van der Waals surface area contributed by atoms with Gasteiger partial charge in [-0.1, -0.05) is 0 Å². The van der Waals surface area contributed by atoms with E-state index in [0.717, 1.165) is 72.8 Å². The summed E-state index contributed by atoms with van der Waals surface area (Å²) in [7, 11) is 0. The fourth-order valence-corrected chi connectivity index (χ4v) is 5.71. The topological polar surface area (TPSA) is 69.3 Å². The van der Waals surface area contributed by atoms with Crippen molar-refractivity contribution in [3.05, 3.63) is 41.2 Å². The van der Waals surface area contributed by atoms with Crippen LogP contribution < -0.4 is 10.2 Å². The predicted octanol–water partition coefficient (Wildman–Crippen LogP) is 3.22. The average molecular weight is 453 g/mol. The second kappa shape index (κ2) is 8.40. The highest BCUT2D eigenvalue weighted by atomic mass is 32.1. The number of morpholine rings is 1. The lowest BCUT2D eigenvalue weighted by molar-refractivity contribution is 0.122. The zero-order chi connectivity index (χ0) is 21.5. The van der Waals surface area contributed by atoms with Crippen LogP contribution in [0, 0.1) is 5.82 Å². The minimum absolute atomic E-state index is 0.295. The zero-order valence-electron chi connectivity index (χ0n) is 17.7. The van der Waals surface area contributed by atoms with Gasteiger partial charge in [-0.15, -0.1) is 11.3 Å². The van der Waals surface area contributed by atoms with Crippen molar-refractivity contribution in [2.45, 2.75) is 6.54 Å². The van der Waals surface area contributed by atoms with Crippen LogP contribution in [0.3, 0.4) is 0 Å². The number of nitrogens with zero attached hydrogens (tertiary/aromatic N) is 4. The number of ether oxygens (including phenoxy) is 1. The average Bonchev–Trinajstić information content (AvgIpc) is 3.45. The number of nitrogens with one attached hydrogen (secondary N) is 2. The number of halogens is 1. The molecule has 0 radical (unpaired) electrons. The molecule has 166 valence electrons. The van der Waals surface area contributed by atoms with Crippen LogP contribution in [0.2, 0.25) is 0 Å². The summed E-state index contributed by atoms with van der Waals surface area (Å²) in [6, 6.07) is 7.19. The van der Waals surface area contributed by atoms with Crippen molar-refractivity contribution in [2.24, 2.45) is 0 Å². The van der Waals surface area contributed by atoms with E-state index in [9.17, 15) is 4.39 Å². The van der Waals surface area contributed by atoms with E-state index < -0.39 is 0 Å². The Morgan fingerprint density at radius 1 is 1.06 bits per heavy atom. The molecule has 32 heavy (non-hydrogen) atoms. The van der Waals surface area contributed by atoms with Crippen LogP contribution in [0.5, 0.6) is 0 Å². The molecule has 2 aliphatic heterocycles. The highest BCUT2D eigenvalue weighted by molar-refractivity contribution is 7.19. The fourth-order valence-electron chi connectivity index (χ4n) is 4.56. The molecule has 0 bridgehead atoms. The molecule has 6 rings (SSSR count). The maximum Gasteiger partial charge on any atom is 0.163 e. The Bertz CT molecular complexity index is 1260. The number of H-pyrrole nitrogens is 1. The molecule has 4 aromatic rings. The molecule has 1 aromatic carbocycles. The quantitative estimate of drug-likeness (QED) is 0.496. The van der Waals surface area contributed by atoms with Crippen LogP contribution >= 0.6 is 11.3 Å². The Labute approximate surface area is 189 Å². The Kier molecular flexibility index (Phi) is 5.26. The first-order valence-electron chi connectivity index (χ1n) is 11.1. The molecule has 3 aromatic heterocycles. The first-order valence-corrected chi connectivity index (χ1v) is 11.9. The van der Waals surface area contributed by atoms with Crippen LogP contribution in [-0.4, -0.2) is 72.3 Å². The summed E-state index contributed by atoms with van der Waals surface area (Å²) in [6.45, 7) is 8.03. The van der Waals surface area contributed by atoms with Crippen molar-refractivity contribution >= 4 is 38.3 Å². The molecule has 0 unspecified atom stereocenters. The number of hydrogen-bond acceptors (Lipinski definition) is 7. The van der Waals surface area contributed by atoms with Gasteiger partial charge in [-0.25, -0.2) is 14.4 Å². The lowest BCUT2D eigenvalue weighted by Gasteiger charge is -2.28. The molecule has 0 saturated carbocycles. The number of benzene rings is 1. The Morgan fingerprint density at radius 2 is 1.91 bits per heavy atom. The number of aromatic nitrogens is 3. The Hall–Kier alpha value is -2.59. The zero-order valence-corrected chi connectivity index (χ0v) is 18.6. The smallest absolute Gasteiger partial charge is 0.163 e. The van der Waals surface area contributed by atoms with E-state index in [1.54, 1.807) is 11.3 Å². The molecule has 5 heterocycles. The highest BCUT2D eigenvalue weighted by Crippen LogP contribution is 2.36. The second-order valence-electron chi connectivity index (χ2n) is 8.32. The van der Waals surface area contributed by atoms with Gasteiger partial charge in [0.15, 0.2) is 11.6 Å². The SMILES string of the molecule is Fc1cc(-c2nc(N3CCOCC3)c3sc(CN4CCNCC4)cc3n2)c2cc[nH]c2c1. The van der Waals surface area contributed by atoms with Gasteiger partial charge in [0.25, 0.3) is 0 Å². The van der Waals surface area contributed by atoms with Crippen molar-refractivity contribution in [1.82, 2.24) is 25.2 Å². The van der Waals surface area contributed by atoms with Gasteiger partial charge < -0.3 is 19.9 Å². The number of aromatic amines is 1. The first-order chi connectivity index (χ1) is 15.7. The summed E-state index contributed by atoms with van der Waals surface area (Å²) in [5.41, 5.74) is 2.40. The van der Waals surface area contributed by atoms with E-state index in [2.05, 4.69) is 26.2 Å². The van der Waals surface area contributed by atoms with Gasteiger partial charge in [-0.3, -0.25) is 4.90 Å². The third kappa shape index (κ3) is 3.75. The molecule has 7 nitrogen and oxygen atoms in total. The van der Waals surface area contributed by atoms with Gasteiger partial charge in [0, 0.05) is 73.4 Å². The summed E-state index contributed by atoms with van der Waals surface area (Å²) >= 11 is 1.77. The lowest BCUT2D eigenvalue weighted by atomic mass is 10.1. The van der Waals surface area contributed by atoms with Crippen molar-refractivity contribution in [3.63, 3.8) is 0 Å². The van der Waals surface area contributed by atoms with Gasteiger partial charge >= 0.3 is 0 Å². The first kappa shape index (κ1) is 20.0. The highest BCUT2D eigenvalue weighted by Gasteiger charge is 2.22. The maximum absolute atomic E-state index is 14.4. The molecule has 0 amide bonds. The van der Waals surface area contributed by atoms with Crippen LogP contribution in [0.4, 0.5) is 10.2 Å². The van der Waals surface area contributed by atoms with Crippen molar-refractivity contribution in [3.8, 4) is 11.4 Å². The third-order valence-electron chi connectivity index (χ3n) is 6.18. The minimum atomic E-state index is -0.295. The Morgan fingerprint density at radius 3 is 2.75 bits per heavy atom. The lowest BCUT2D eigenvalue weighted by Crippen LogP contribution is -2.42. The fraction of sp³-hybridized carbons (Fsp3) is 0.391. The van der Waals surface area contributed by atoms with Gasteiger partial charge in [0.05, 0.1) is 23.4 Å². The van der Waals surface area contributed by atoms with Crippen LogP contribution in [-0.2, 0) is 11.3 Å². The standard InChI is InChI=1S/C23H25FN6OS/c24-15-11-18(17-1-2-26-19(17)12-15)22-27-20-13-16(14-29-5-3-25-4-6-29)32-21(20)23(28-22)30-7-9-31-10-8-30/h1-2,11-13,25-26H,3-10,14H2. The molecule has 2 N–H and O–H groups in total. The summed E-state index contributed by atoms with van der Waals surface area (Å²) in [5.74, 6) is 1.20. The number of rotatable bonds is 4. The van der Waals surface area contributed by atoms with Crippen molar-refractivity contribution in [2.75, 3.05) is 57.4 Å². The number of fused-ring (bicyclic) bond motifs is 2. The van der Waals surface area contributed by atoms with Crippen molar-refractivity contribution < 1.29 is 9.13 Å². The molecule has 9 heteroatoms. The van der Waals surface area contributed by atoms with Gasteiger partial charge in [0.2, 0.25) is 0 Å². The van der Waals surface area contributed by atoms with Gasteiger partial charge in [-0.2, -0.15) is 0 Å². The van der Waals surface area contributed by atoms with E-state index in [4.69, 9.17) is 14.7 Å². The van der Waals surface area contributed by atoms with Crippen LogP contribution in [0.15, 0.2) is 30.5 Å². The van der Waals surface area contributed by atoms with E-state index >= 15 is 0 Å².